The van der Waals surface area contributed by atoms with Crippen molar-refractivity contribution < 1.29 is 9.18 Å². The van der Waals surface area contributed by atoms with E-state index in [1.54, 1.807) is 6.07 Å². The van der Waals surface area contributed by atoms with Crippen LogP contribution in [0.25, 0.3) is 11.1 Å². The van der Waals surface area contributed by atoms with Crippen LogP contribution in [0.1, 0.15) is 37.2 Å². The van der Waals surface area contributed by atoms with Crippen LogP contribution in [-0.4, -0.2) is 29.9 Å². The first-order valence-corrected chi connectivity index (χ1v) is 9.53. The molecule has 1 aliphatic carbocycles. The number of nitrogens with two attached hydrogens (primary N) is 1. The fraction of sp³-hybridized carbons (Fsp3) is 0.409. The van der Waals surface area contributed by atoms with Gasteiger partial charge in [0.15, 0.2) is 0 Å². The quantitative estimate of drug-likeness (QED) is 0.909. The van der Waals surface area contributed by atoms with Crippen LogP contribution in [0.3, 0.4) is 0 Å². The molecule has 2 aromatic carbocycles. The Kier molecular flexibility index (Phi) is 4.77. The van der Waals surface area contributed by atoms with Gasteiger partial charge in [0, 0.05) is 30.6 Å². The van der Waals surface area contributed by atoms with E-state index < -0.39 is 0 Å². The van der Waals surface area contributed by atoms with Gasteiger partial charge in [0.05, 0.1) is 0 Å². The molecule has 4 heteroatoms. The van der Waals surface area contributed by atoms with E-state index in [0.29, 0.717) is 5.56 Å². The zero-order chi connectivity index (χ0) is 18.1. The SMILES string of the molecule is NC1CCCN(C(=O)C2CC2c2cccc(F)c2-c2ccccc2)CC1. The van der Waals surface area contributed by atoms with Crippen LogP contribution in [0.2, 0.25) is 0 Å². The molecule has 2 aromatic rings. The number of rotatable bonds is 3. The maximum atomic E-state index is 14.6. The van der Waals surface area contributed by atoms with E-state index in [0.717, 1.165) is 49.9 Å². The lowest BCUT2D eigenvalue weighted by Crippen LogP contribution is -2.34. The summed E-state index contributed by atoms with van der Waals surface area (Å²) in [5.41, 5.74) is 8.51. The van der Waals surface area contributed by atoms with Gasteiger partial charge in [-0.3, -0.25) is 4.79 Å². The molecule has 0 bridgehead atoms. The number of likely N-dealkylation sites (tertiary alicyclic amines) is 1. The van der Waals surface area contributed by atoms with Gasteiger partial charge < -0.3 is 10.6 Å². The highest BCUT2D eigenvalue weighted by Crippen LogP contribution is 2.51. The lowest BCUT2D eigenvalue weighted by atomic mass is 9.95. The first-order chi connectivity index (χ1) is 12.6. The van der Waals surface area contributed by atoms with E-state index in [4.69, 9.17) is 5.73 Å². The predicted molar refractivity (Wildman–Crippen MR) is 101 cm³/mol. The predicted octanol–water partition coefficient (Wildman–Crippen LogP) is 3.94. The highest BCUT2D eigenvalue weighted by atomic mass is 19.1. The molecule has 2 aliphatic rings. The van der Waals surface area contributed by atoms with Crippen molar-refractivity contribution in [3.63, 3.8) is 0 Å². The minimum atomic E-state index is -0.215. The number of amides is 1. The smallest absolute Gasteiger partial charge is 0.226 e. The van der Waals surface area contributed by atoms with Crippen molar-refractivity contribution in [2.75, 3.05) is 13.1 Å². The van der Waals surface area contributed by atoms with Crippen LogP contribution < -0.4 is 5.73 Å². The fourth-order valence-electron chi connectivity index (χ4n) is 4.15. The second kappa shape index (κ2) is 7.20. The van der Waals surface area contributed by atoms with Crippen LogP contribution in [0.4, 0.5) is 4.39 Å². The molecule has 3 unspecified atom stereocenters. The standard InChI is InChI=1S/C22H25FN2O/c23-20-10-4-9-17(21(20)15-6-2-1-3-7-15)18-14-19(18)22(26)25-12-5-8-16(24)11-13-25/h1-4,6-7,9-10,16,18-19H,5,8,11-14,24H2. The average molecular weight is 352 g/mol. The number of carbonyl (C=O) groups excluding carboxylic acids is 1. The zero-order valence-electron chi connectivity index (χ0n) is 14.9. The Morgan fingerprint density at radius 3 is 2.65 bits per heavy atom. The molecule has 136 valence electrons. The van der Waals surface area contributed by atoms with Crippen LogP contribution in [0.5, 0.6) is 0 Å². The van der Waals surface area contributed by atoms with Crippen LogP contribution >= 0.6 is 0 Å². The van der Waals surface area contributed by atoms with Crippen LogP contribution in [0.15, 0.2) is 48.5 Å². The number of hydrogen-bond donors (Lipinski definition) is 1. The largest absolute Gasteiger partial charge is 0.342 e. The molecular weight excluding hydrogens is 327 g/mol. The van der Waals surface area contributed by atoms with Crippen LogP contribution in [-0.2, 0) is 4.79 Å². The van der Waals surface area contributed by atoms with Gasteiger partial charge in [-0.05, 0) is 48.8 Å². The van der Waals surface area contributed by atoms with Crippen molar-refractivity contribution in [2.24, 2.45) is 11.7 Å². The Morgan fingerprint density at radius 1 is 1.04 bits per heavy atom. The summed E-state index contributed by atoms with van der Waals surface area (Å²) < 4.78 is 14.6. The molecule has 1 saturated carbocycles. The Bertz CT molecular complexity index is 792. The van der Waals surface area contributed by atoms with Gasteiger partial charge in [-0.15, -0.1) is 0 Å². The lowest BCUT2D eigenvalue weighted by Gasteiger charge is -2.21. The van der Waals surface area contributed by atoms with Crippen molar-refractivity contribution >= 4 is 5.91 Å². The van der Waals surface area contributed by atoms with E-state index >= 15 is 0 Å². The fourth-order valence-corrected chi connectivity index (χ4v) is 4.15. The molecule has 26 heavy (non-hydrogen) atoms. The molecule has 0 radical (unpaired) electrons. The zero-order valence-corrected chi connectivity index (χ0v) is 14.9. The first-order valence-electron chi connectivity index (χ1n) is 9.53. The van der Waals surface area contributed by atoms with Gasteiger partial charge in [-0.2, -0.15) is 0 Å². The number of nitrogens with zero attached hydrogens (tertiary/aromatic N) is 1. The number of hydrogen-bond acceptors (Lipinski definition) is 2. The van der Waals surface area contributed by atoms with E-state index in [9.17, 15) is 9.18 Å². The lowest BCUT2D eigenvalue weighted by molar-refractivity contribution is -0.132. The summed E-state index contributed by atoms with van der Waals surface area (Å²) in [5.74, 6) is 0.0961. The van der Waals surface area contributed by atoms with Crippen molar-refractivity contribution in [1.29, 1.82) is 0 Å². The molecule has 3 nitrogen and oxygen atoms in total. The third kappa shape index (κ3) is 3.38. The summed E-state index contributed by atoms with van der Waals surface area (Å²) in [4.78, 5) is 14.9. The minimum absolute atomic E-state index is 0.0198. The van der Waals surface area contributed by atoms with Gasteiger partial charge in [0.2, 0.25) is 5.91 Å². The molecule has 0 aromatic heterocycles. The summed E-state index contributed by atoms with van der Waals surface area (Å²) in [7, 11) is 0. The van der Waals surface area contributed by atoms with Crippen molar-refractivity contribution in [3.05, 3.63) is 59.9 Å². The first kappa shape index (κ1) is 17.2. The molecule has 3 atom stereocenters. The Balaban J connectivity index is 1.55. The topological polar surface area (TPSA) is 46.3 Å². The Morgan fingerprint density at radius 2 is 1.85 bits per heavy atom. The maximum absolute atomic E-state index is 14.6. The van der Waals surface area contributed by atoms with Gasteiger partial charge in [-0.1, -0.05) is 42.5 Å². The molecule has 1 amide bonds. The second-order valence-corrected chi connectivity index (χ2v) is 7.54. The monoisotopic (exact) mass is 352 g/mol. The molecule has 4 rings (SSSR count). The summed E-state index contributed by atoms with van der Waals surface area (Å²) in [6, 6.07) is 15.1. The van der Waals surface area contributed by atoms with E-state index in [-0.39, 0.29) is 29.6 Å². The molecule has 2 N–H and O–H groups in total. The van der Waals surface area contributed by atoms with Crippen molar-refractivity contribution in [3.8, 4) is 11.1 Å². The normalized spacial score (nSPS) is 25.6. The number of carbonyl (C=O) groups is 1. The summed E-state index contributed by atoms with van der Waals surface area (Å²) >= 11 is 0. The third-order valence-electron chi connectivity index (χ3n) is 5.70. The highest BCUT2D eigenvalue weighted by molar-refractivity contribution is 5.84. The van der Waals surface area contributed by atoms with Crippen molar-refractivity contribution in [1.82, 2.24) is 4.90 Å². The number of benzene rings is 2. The van der Waals surface area contributed by atoms with E-state index in [2.05, 4.69) is 0 Å². The Labute approximate surface area is 154 Å². The van der Waals surface area contributed by atoms with Gasteiger partial charge in [-0.25, -0.2) is 4.39 Å². The molecule has 1 saturated heterocycles. The maximum Gasteiger partial charge on any atom is 0.226 e. The molecule has 0 spiro atoms. The molecular formula is C22H25FN2O. The molecule has 1 aliphatic heterocycles. The van der Waals surface area contributed by atoms with E-state index in [1.807, 2.05) is 41.3 Å². The van der Waals surface area contributed by atoms with Crippen LogP contribution in [0, 0.1) is 11.7 Å². The highest BCUT2D eigenvalue weighted by Gasteiger charge is 2.47. The third-order valence-corrected chi connectivity index (χ3v) is 5.70. The molecule has 2 fully saturated rings. The van der Waals surface area contributed by atoms with Gasteiger partial charge in [0.25, 0.3) is 0 Å². The summed E-state index contributed by atoms with van der Waals surface area (Å²) in [5, 5.41) is 0. The summed E-state index contributed by atoms with van der Waals surface area (Å²) in [6.45, 7) is 1.54. The molecule has 1 heterocycles. The van der Waals surface area contributed by atoms with Gasteiger partial charge >= 0.3 is 0 Å². The minimum Gasteiger partial charge on any atom is -0.342 e. The second-order valence-electron chi connectivity index (χ2n) is 7.54. The number of halogens is 1. The Hall–Kier alpha value is -2.20. The van der Waals surface area contributed by atoms with Gasteiger partial charge in [0.1, 0.15) is 5.82 Å². The average Bonchev–Trinajstić information content (AvgIpc) is 3.46. The summed E-state index contributed by atoms with van der Waals surface area (Å²) in [6.07, 6.45) is 3.64. The van der Waals surface area contributed by atoms with E-state index in [1.165, 1.54) is 6.07 Å². The van der Waals surface area contributed by atoms with Crippen molar-refractivity contribution in [2.45, 2.75) is 37.6 Å².